The third-order valence-electron chi connectivity index (χ3n) is 5.07. The summed E-state index contributed by atoms with van der Waals surface area (Å²) in [5.41, 5.74) is 0.549. The Hall–Kier alpha value is -3.60. The van der Waals surface area contributed by atoms with Crippen LogP contribution >= 0.6 is 11.8 Å². The molecule has 10 nitrogen and oxygen atoms in total. The molecular formula is C21H19N3O7S. The molecule has 166 valence electrons. The number of carbonyl (C=O) groups is 3. The highest BCUT2D eigenvalue weighted by Gasteiger charge is 2.57. The van der Waals surface area contributed by atoms with E-state index in [0.29, 0.717) is 17.1 Å². The van der Waals surface area contributed by atoms with Crippen molar-refractivity contribution in [2.45, 2.75) is 24.1 Å². The van der Waals surface area contributed by atoms with E-state index in [1.165, 1.54) is 40.9 Å². The third-order valence-corrected chi connectivity index (χ3v) is 6.42. The average Bonchev–Trinajstić information content (AvgIpc) is 3.21. The van der Waals surface area contributed by atoms with E-state index < -0.39 is 28.9 Å². The molecule has 3 atom stereocenters. The number of hydrogen-bond donors (Lipinski definition) is 1. The Morgan fingerprint density at radius 2 is 1.88 bits per heavy atom. The van der Waals surface area contributed by atoms with Gasteiger partial charge in [0, 0.05) is 17.9 Å². The Morgan fingerprint density at radius 3 is 2.56 bits per heavy atom. The Bertz CT molecular complexity index is 1030. The number of thioether (sulfide) groups is 1. The van der Waals surface area contributed by atoms with Gasteiger partial charge < -0.3 is 19.7 Å². The molecule has 0 aliphatic carbocycles. The number of para-hydroxylation sites is 1. The van der Waals surface area contributed by atoms with Crippen molar-refractivity contribution in [1.29, 1.82) is 0 Å². The van der Waals surface area contributed by atoms with E-state index in [9.17, 15) is 24.5 Å². The van der Waals surface area contributed by atoms with E-state index in [2.05, 4.69) is 5.32 Å². The van der Waals surface area contributed by atoms with Crippen LogP contribution in [-0.2, 0) is 25.7 Å². The molecule has 0 aromatic heterocycles. The number of rotatable bonds is 8. The summed E-state index contributed by atoms with van der Waals surface area (Å²) in [6, 6.07) is 13.1. The van der Waals surface area contributed by atoms with Gasteiger partial charge in [-0.05, 0) is 29.8 Å². The van der Waals surface area contributed by atoms with Crippen LogP contribution < -0.4 is 10.1 Å². The van der Waals surface area contributed by atoms with Gasteiger partial charge in [-0.2, -0.15) is 0 Å². The first kappa shape index (κ1) is 21.6. The number of hydrogen-bond acceptors (Lipinski definition) is 8. The van der Waals surface area contributed by atoms with Gasteiger partial charge in [-0.25, -0.2) is 4.79 Å². The lowest BCUT2D eigenvalue weighted by atomic mass is 10.0. The maximum atomic E-state index is 12.5. The molecule has 2 heterocycles. The lowest BCUT2D eigenvalue weighted by molar-refractivity contribution is -0.384. The zero-order chi connectivity index (χ0) is 22.7. The number of esters is 1. The molecule has 0 bridgehead atoms. The van der Waals surface area contributed by atoms with Crippen molar-refractivity contribution < 1.29 is 28.8 Å². The monoisotopic (exact) mass is 457 g/mol. The van der Waals surface area contributed by atoms with Crippen molar-refractivity contribution in [3.8, 4) is 5.75 Å². The molecule has 2 aliphatic rings. The molecule has 0 radical (unpaired) electrons. The summed E-state index contributed by atoms with van der Waals surface area (Å²) in [5, 5.41) is 13.0. The summed E-state index contributed by atoms with van der Waals surface area (Å²) in [6.45, 7) is -0.270. The summed E-state index contributed by atoms with van der Waals surface area (Å²) in [7, 11) is 0. The molecule has 2 amide bonds. The number of ether oxygens (including phenoxy) is 2. The predicted octanol–water partition coefficient (Wildman–Crippen LogP) is 1.49. The van der Waals surface area contributed by atoms with Crippen LogP contribution in [0.25, 0.3) is 0 Å². The highest BCUT2D eigenvalue weighted by Crippen LogP contribution is 2.40. The predicted molar refractivity (Wildman–Crippen MR) is 114 cm³/mol. The molecule has 0 spiro atoms. The zero-order valence-electron chi connectivity index (χ0n) is 16.7. The first-order valence-electron chi connectivity index (χ1n) is 9.75. The largest absolute Gasteiger partial charge is 0.484 e. The van der Waals surface area contributed by atoms with Gasteiger partial charge in [0.25, 0.3) is 11.6 Å². The van der Waals surface area contributed by atoms with Crippen LogP contribution in [0.1, 0.15) is 5.56 Å². The number of fused-ring (bicyclic) bond motifs is 1. The molecule has 2 fully saturated rings. The van der Waals surface area contributed by atoms with Crippen molar-refractivity contribution in [2.24, 2.45) is 0 Å². The van der Waals surface area contributed by atoms with E-state index in [1.54, 1.807) is 24.3 Å². The molecule has 1 N–H and O–H groups in total. The van der Waals surface area contributed by atoms with Crippen molar-refractivity contribution in [3.63, 3.8) is 0 Å². The maximum Gasteiger partial charge on any atom is 0.330 e. The van der Waals surface area contributed by atoms with Crippen LogP contribution in [-0.4, -0.2) is 57.4 Å². The number of β-lactam (4-membered cyclic amide) rings is 1. The Morgan fingerprint density at radius 1 is 1.16 bits per heavy atom. The van der Waals surface area contributed by atoms with E-state index >= 15 is 0 Å². The number of nitro groups is 1. The number of nitro benzene ring substituents is 1. The van der Waals surface area contributed by atoms with E-state index in [0.717, 1.165) is 0 Å². The molecule has 32 heavy (non-hydrogen) atoms. The van der Waals surface area contributed by atoms with Gasteiger partial charge in [0.2, 0.25) is 5.91 Å². The summed E-state index contributed by atoms with van der Waals surface area (Å²) >= 11 is 1.40. The van der Waals surface area contributed by atoms with Gasteiger partial charge in [-0.3, -0.25) is 19.7 Å². The second-order valence-electron chi connectivity index (χ2n) is 7.16. The summed E-state index contributed by atoms with van der Waals surface area (Å²) in [5.74, 6) is -0.399. The molecule has 2 aromatic carbocycles. The first-order valence-corrected chi connectivity index (χ1v) is 10.8. The smallest absolute Gasteiger partial charge is 0.330 e. The molecule has 1 unspecified atom stereocenters. The van der Waals surface area contributed by atoms with Crippen LogP contribution in [0.3, 0.4) is 0 Å². The van der Waals surface area contributed by atoms with Crippen molar-refractivity contribution in [2.75, 3.05) is 12.4 Å². The van der Waals surface area contributed by atoms with Crippen LogP contribution in [0.4, 0.5) is 5.69 Å². The quantitative estimate of drug-likeness (QED) is 0.273. The van der Waals surface area contributed by atoms with Gasteiger partial charge in [-0.15, -0.1) is 11.8 Å². The van der Waals surface area contributed by atoms with Gasteiger partial charge in [0.15, 0.2) is 6.61 Å². The van der Waals surface area contributed by atoms with Gasteiger partial charge >= 0.3 is 5.97 Å². The minimum Gasteiger partial charge on any atom is -0.484 e. The fourth-order valence-electron chi connectivity index (χ4n) is 3.42. The van der Waals surface area contributed by atoms with Crippen molar-refractivity contribution in [3.05, 3.63) is 70.3 Å². The molecule has 2 aliphatic heterocycles. The highest BCUT2D eigenvalue weighted by atomic mass is 32.2. The topological polar surface area (TPSA) is 128 Å². The molecular weight excluding hydrogens is 438 g/mol. The van der Waals surface area contributed by atoms with E-state index in [-0.39, 0.29) is 30.2 Å². The Labute approximate surface area is 187 Å². The summed E-state index contributed by atoms with van der Waals surface area (Å²) in [4.78, 5) is 48.8. The number of carbonyl (C=O) groups excluding carboxylic acids is 3. The average molecular weight is 457 g/mol. The van der Waals surface area contributed by atoms with Gasteiger partial charge in [-0.1, -0.05) is 18.2 Å². The first-order chi connectivity index (χ1) is 15.4. The highest BCUT2D eigenvalue weighted by molar-refractivity contribution is 8.00. The standard InChI is InChI=1S/C21H19N3O7S/c25-17(11-30-15-4-2-1-3-5-15)22-18-19(26)23-16(12-32-20(18)23)21(27)31-10-13-6-8-14(9-7-13)24(28)29/h1-9,16,18,20H,10-12H2,(H,22,25)/t16?,18-,20-/m0/s1. The lowest BCUT2D eigenvalue weighted by Crippen LogP contribution is -2.70. The molecule has 11 heteroatoms. The number of nitrogens with one attached hydrogen (secondary N) is 1. The van der Waals surface area contributed by atoms with E-state index in [4.69, 9.17) is 9.47 Å². The Balaban J connectivity index is 1.25. The fourth-order valence-corrected chi connectivity index (χ4v) is 4.89. The van der Waals surface area contributed by atoms with Gasteiger partial charge in [0.1, 0.15) is 29.8 Å². The zero-order valence-corrected chi connectivity index (χ0v) is 17.5. The molecule has 2 saturated heterocycles. The van der Waals surface area contributed by atoms with Gasteiger partial charge in [0.05, 0.1) is 4.92 Å². The third kappa shape index (κ3) is 4.52. The number of benzene rings is 2. The van der Waals surface area contributed by atoms with Crippen molar-refractivity contribution >= 4 is 35.2 Å². The van der Waals surface area contributed by atoms with Crippen LogP contribution in [0.15, 0.2) is 54.6 Å². The normalized spacial score (nSPS) is 21.3. The SMILES string of the molecule is O=C(COc1ccccc1)N[C@H]1C(=O)N2C(C(=O)OCc3ccc([N+](=O)[O-])cc3)CS[C@@H]12. The van der Waals surface area contributed by atoms with Crippen LogP contribution in [0.2, 0.25) is 0 Å². The fraction of sp³-hybridized carbons (Fsp3) is 0.286. The van der Waals surface area contributed by atoms with Crippen molar-refractivity contribution in [1.82, 2.24) is 10.2 Å². The molecule has 0 saturated carbocycles. The second-order valence-corrected chi connectivity index (χ2v) is 8.31. The maximum absolute atomic E-state index is 12.5. The van der Waals surface area contributed by atoms with Crippen LogP contribution in [0, 0.1) is 10.1 Å². The second kappa shape index (κ2) is 9.27. The summed E-state index contributed by atoms with van der Waals surface area (Å²) < 4.78 is 10.7. The molecule has 4 rings (SSSR count). The molecule has 2 aromatic rings. The summed E-state index contributed by atoms with van der Waals surface area (Å²) in [6.07, 6.45) is 0. The van der Waals surface area contributed by atoms with E-state index in [1.807, 2.05) is 6.07 Å². The minimum atomic E-state index is -0.732. The number of nitrogens with zero attached hydrogens (tertiary/aromatic N) is 2. The number of amides is 2. The van der Waals surface area contributed by atoms with Crippen LogP contribution in [0.5, 0.6) is 5.75 Å². The minimum absolute atomic E-state index is 0.0523. The number of non-ortho nitro benzene ring substituents is 1. The Kier molecular flexibility index (Phi) is 6.26. The lowest BCUT2D eigenvalue weighted by Gasteiger charge is -2.43.